The molecule has 0 saturated carbocycles. The van der Waals surface area contributed by atoms with E-state index >= 15 is 0 Å². The Morgan fingerprint density at radius 3 is 2.34 bits per heavy atom. The molecule has 0 fully saturated rings. The van der Waals surface area contributed by atoms with Crippen molar-refractivity contribution in [1.29, 1.82) is 0 Å². The molecule has 29 heavy (non-hydrogen) atoms. The fourth-order valence-electron chi connectivity index (χ4n) is 2.08. The second kappa shape index (κ2) is 9.94. The summed E-state index contributed by atoms with van der Waals surface area (Å²) in [6.45, 7) is 1.12. The molecule has 2 amide bonds. The van der Waals surface area contributed by atoms with Gasteiger partial charge < -0.3 is 4.74 Å². The first-order valence-corrected chi connectivity index (χ1v) is 9.92. The van der Waals surface area contributed by atoms with Crippen LogP contribution in [0.3, 0.4) is 0 Å². The van der Waals surface area contributed by atoms with Crippen molar-refractivity contribution in [3.8, 4) is 5.75 Å². The molecule has 0 aromatic heterocycles. The highest BCUT2D eigenvalue weighted by molar-refractivity contribution is 7.89. The number of rotatable bonds is 8. The molecule has 3 N–H and O–H groups in total. The first-order valence-electron chi connectivity index (χ1n) is 8.44. The van der Waals surface area contributed by atoms with E-state index in [2.05, 4.69) is 15.6 Å². The predicted octanol–water partition coefficient (Wildman–Crippen LogP) is 1.25. The van der Waals surface area contributed by atoms with Gasteiger partial charge in [-0.05, 0) is 43.3 Å². The maximum atomic E-state index is 13.5. The van der Waals surface area contributed by atoms with Crippen molar-refractivity contribution in [2.45, 2.75) is 24.3 Å². The number of carbonyl (C=O) groups excluding carboxylic acids is 2. The van der Waals surface area contributed by atoms with Gasteiger partial charge in [0, 0.05) is 13.0 Å². The van der Waals surface area contributed by atoms with Gasteiger partial charge in [0.15, 0.2) is 17.7 Å². The van der Waals surface area contributed by atoms with Crippen LogP contribution in [0.4, 0.5) is 8.78 Å². The summed E-state index contributed by atoms with van der Waals surface area (Å²) < 4.78 is 57.7. The molecule has 0 aliphatic rings. The van der Waals surface area contributed by atoms with Gasteiger partial charge in [-0.1, -0.05) is 12.1 Å². The molecule has 2 aromatic carbocycles. The van der Waals surface area contributed by atoms with Crippen LogP contribution in [0.5, 0.6) is 5.75 Å². The lowest BCUT2D eigenvalue weighted by atomic mass is 10.3. The number of halogens is 2. The van der Waals surface area contributed by atoms with E-state index in [0.29, 0.717) is 0 Å². The minimum Gasteiger partial charge on any atom is -0.478 e. The van der Waals surface area contributed by atoms with Crippen molar-refractivity contribution < 1.29 is 31.5 Å². The summed E-state index contributed by atoms with van der Waals surface area (Å²) in [7, 11) is -3.90. The molecule has 156 valence electrons. The summed E-state index contributed by atoms with van der Waals surface area (Å²) in [5.74, 6) is -2.72. The number of ether oxygens (including phenoxy) is 1. The highest BCUT2D eigenvalue weighted by Crippen LogP contribution is 2.16. The molecular weight excluding hydrogens is 408 g/mol. The van der Waals surface area contributed by atoms with Crippen molar-refractivity contribution in [2.75, 3.05) is 6.54 Å². The van der Waals surface area contributed by atoms with Crippen LogP contribution in [0.2, 0.25) is 0 Å². The Kier molecular flexibility index (Phi) is 7.62. The Morgan fingerprint density at radius 1 is 1.03 bits per heavy atom. The van der Waals surface area contributed by atoms with E-state index in [1.807, 2.05) is 0 Å². The third kappa shape index (κ3) is 6.80. The van der Waals surface area contributed by atoms with Gasteiger partial charge in [0.25, 0.3) is 5.91 Å². The average Bonchev–Trinajstić information content (AvgIpc) is 2.68. The predicted molar refractivity (Wildman–Crippen MR) is 99.0 cm³/mol. The molecular formula is C18H19F2N3O5S. The van der Waals surface area contributed by atoms with Gasteiger partial charge in [-0.15, -0.1) is 0 Å². The molecule has 2 rings (SSSR count). The Morgan fingerprint density at radius 2 is 1.69 bits per heavy atom. The van der Waals surface area contributed by atoms with Gasteiger partial charge in [0.2, 0.25) is 15.9 Å². The van der Waals surface area contributed by atoms with Crippen molar-refractivity contribution in [3.63, 3.8) is 0 Å². The number of nitrogens with one attached hydrogen (secondary N) is 3. The number of hydrogen-bond donors (Lipinski definition) is 3. The molecule has 0 spiro atoms. The lowest BCUT2D eigenvalue weighted by Gasteiger charge is -2.15. The SMILES string of the molecule is CC(Oc1ccccc1F)C(=O)NNC(=O)CCNS(=O)(=O)c1ccc(F)cc1. The fraction of sp³-hybridized carbons (Fsp3) is 0.222. The molecule has 11 heteroatoms. The number of carbonyl (C=O) groups is 2. The summed E-state index contributed by atoms with van der Waals surface area (Å²) in [6.07, 6.45) is -1.37. The van der Waals surface area contributed by atoms with E-state index in [0.717, 1.165) is 24.3 Å². The van der Waals surface area contributed by atoms with Crippen LogP contribution < -0.4 is 20.3 Å². The highest BCUT2D eigenvalue weighted by atomic mass is 32.2. The topological polar surface area (TPSA) is 114 Å². The second-order valence-corrected chi connectivity index (χ2v) is 7.60. The summed E-state index contributed by atoms with van der Waals surface area (Å²) in [5, 5.41) is 0. The Labute approximate surface area is 166 Å². The second-order valence-electron chi connectivity index (χ2n) is 5.83. The largest absolute Gasteiger partial charge is 0.478 e. The monoisotopic (exact) mass is 427 g/mol. The first kappa shape index (κ1) is 22.2. The van der Waals surface area contributed by atoms with Crippen LogP contribution in [-0.2, 0) is 19.6 Å². The standard InChI is InChI=1S/C18H19F2N3O5S/c1-12(28-16-5-3-2-4-15(16)20)18(25)23-22-17(24)10-11-21-29(26,27)14-8-6-13(19)7-9-14/h2-9,12,21H,10-11H2,1H3,(H,22,24)(H,23,25). The van der Waals surface area contributed by atoms with Gasteiger partial charge in [-0.25, -0.2) is 21.9 Å². The molecule has 0 bridgehead atoms. The molecule has 0 aliphatic carbocycles. The zero-order valence-electron chi connectivity index (χ0n) is 15.3. The molecule has 8 nitrogen and oxygen atoms in total. The maximum absolute atomic E-state index is 13.5. The summed E-state index contributed by atoms with van der Waals surface area (Å²) in [6, 6.07) is 9.72. The Hall–Kier alpha value is -3.05. The van der Waals surface area contributed by atoms with Gasteiger partial charge in [-0.2, -0.15) is 0 Å². The van der Waals surface area contributed by atoms with Crippen LogP contribution >= 0.6 is 0 Å². The van der Waals surface area contributed by atoms with Crippen molar-refractivity contribution in [1.82, 2.24) is 15.6 Å². The average molecular weight is 427 g/mol. The highest BCUT2D eigenvalue weighted by Gasteiger charge is 2.18. The van der Waals surface area contributed by atoms with Crippen LogP contribution in [0, 0.1) is 11.6 Å². The smallest absolute Gasteiger partial charge is 0.279 e. The van der Waals surface area contributed by atoms with Crippen LogP contribution in [-0.4, -0.2) is 32.9 Å². The van der Waals surface area contributed by atoms with E-state index in [-0.39, 0.29) is 23.6 Å². The molecule has 2 aromatic rings. The maximum Gasteiger partial charge on any atom is 0.279 e. The Balaban J connectivity index is 1.74. The van der Waals surface area contributed by atoms with E-state index in [1.54, 1.807) is 0 Å². The Bertz CT molecular complexity index is 968. The van der Waals surface area contributed by atoms with Gasteiger partial charge >= 0.3 is 0 Å². The van der Waals surface area contributed by atoms with Gasteiger partial charge in [-0.3, -0.25) is 20.4 Å². The van der Waals surface area contributed by atoms with Gasteiger partial charge in [0.05, 0.1) is 4.90 Å². The van der Waals surface area contributed by atoms with E-state index < -0.39 is 39.6 Å². The first-order chi connectivity index (χ1) is 13.7. The minimum absolute atomic E-state index is 0.114. The van der Waals surface area contributed by atoms with Crippen LogP contribution in [0.1, 0.15) is 13.3 Å². The van der Waals surface area contributed by atoms with E-state index in [1.165, 1.54) is 31.2 Å². The number of para-hydroxylation sites is 1. The van der Waals surface area contributed by atoms with Crippen molar-refractivity contribution in [3.05, 3.63) is 60.2 Å². The van der Waals surface area contributed by atoms with Gasteiger partial charge in [0.1, 0.15) is 5.82 Å². The van der Waals surface area contributed by atoms with E-state index in [9.17, 15) is 26.8 Å². The normalized spacial score (nSPS) is 12.1. The van der Waals surface area contributed by atoms with Crippen LogP contribution in [0.25, 0.3) is 0 Å². The number of sulfonamides is 1. The number of amides is 2. The summed E-state index contributed by atoms with van der Waals surface area (Å²) in [4.78, 5) is 23.5. The van der Waals surface area contributed by atoms with Crippen molar-refractivity contribution >= 4 is 21.8 Å². The molecule has 1 unspecified atom stereocenters. The lowest BCUT2D eigenvalue weighted by Crippen LogP contribution is -2.47. The van der Waals surface area contributed by atoms with Crippen LogP contribution in [0.15, 0.2) is 53.4 Å². The third-order valence-corrected chi connectivity index (χ3v) is 5.08. The summed E-state index contributed by atoms with van der Waals surface area (Å²) in [5.41, 5.74) is 4.20. The third-order valence-electron chi connectivity index (χ3n) is 3.60. The quantitative estimate of drug-likeness (QED) is 0.549. The molecule has 0 saturated heterocycles. The fourth-order valence-corrected chi connectivity index (χ4v) is 3.11. The lowest BCUT2D eigenvalue weighted by molar-refractivity contribution is -0.132. The number of hydrazine groups is 1. The molecule has 0 aliphatic heterocycles. The minimum atomic E-state index is -3.90. The molecule has 1 atom stereocenters. The summed E-state index contributed by atoms with van der Waals surface area (Å²) >= 11 is 0. The molecule has 0 heterocycles. The number of benzene rings is 2. The van der Waals surface area contributed by atoms with E-state index in [4.69, 9.17) is 4.74 Å². The zero-order valence-corrected chi connectivity index (χ0v) is 16.1. The van der Waals surface area contributed by atoms with Crippen molar-refractivity contribution in [2.24, 2.45) is 0 Å². The number of hydrogen-bond acceptors (Lipinski definition) is 5. The zero-order chi connectivity index (χ0) is 21.4. The molecule has 0 radical (unpaired) electrons.